The number of nitrogens with zero attached hydrogens (tertiary/aromatic N) is 1. The molecule has 1 aromatic rings. The van der Waals surface area contributed by atoms with Gasteiger partial charge in [0.1, 0.15) is 6.04 Å². The van der Waals surface area contributed by atoms with Crippen LogP contribution in [0, 0.1) is 3.57 Å². The van der Waals surface area contributed by atoms with Crippen LogP contribution >= 0.6 is 22.6 Å². The molecule has 0 spiro atoms. The standard InChI is InChI=1S/C19H20IN3O6/c20-13-5-3-4-12(10-13)18(27)21-11-15(24)22-14(19(28)29)6-1-2-9-23-16(25)7-8-17(23)26/h3-5,7-8,10,14H,1-2,6,9,11H2,(H,21,27)(H,22,24)(H,28,29)/t14-/m1/s1/i20-2. The zero-order valence-electron chi connectivity index (χ0n) is 15.4. The second kappa shape index (κ2) is 10.7. The van der Waals surface area contributed by atoms with E-state index in [1.165, 1.54) is 12.2 Å². The summed E-state index contributed by atoms with van der Waals surface area (Å²) in [7, 11) is 0. The van der Waals surface area contributed by atoms with E-state index < -0.39 is 23.8 Å². The molecule has 0 saturated carbocycles. The highest BCUT2D eigenvalue weighted by atomic mass is 125. The number of halogens is 1. The van der Waals surface area contributed by atoms with Crippen molar-refractivity contribution in [2.75, 3.05) is 13.1 Å². The number of unbranched alkanes of at least 4 members (excludes halogenated alkanes) is 1. The number of hydrogen-bond donors (Lipinski definition) is 3. The van der Waals surface area contributed by atoms with Gasteiger partial charge in [-0.2, -0.15) is 0 Å². The molecule has 3 N–H and O–H groups in total. The summed E-state index contributed by atoms with van der Waals surface area (Å²) in [5.74, 6) is -3.02. The molecule has 1 aliphatic heterocycles. The van der Waals surface area contributed by atoms with Crippen LogP contribution in [0.3, 0.4) is 0 Å². The smallest absolute Gasteiger partial charge is 0.326 e. The maximum absolute atomic E-state index is 12.0. The molecule has 1 aliphatic rings. The van der Waals surface area contributed by atoms with E-state index in [0.717, 1.165) is 8.47 Å². The summed E-state index contributed by atoms with van der Waals surface area (Å²) >= 11 is 2.07. The molecule has 2 rings (SSSR count). The average molecular weight is 511 g/mol. The molecule has 1 atom stereocenters. The Morgan fingerprint density at radius 1 is 1.10 bits per heavy atom. The Kier molecular flexibility index (Phi) is 8.31. The molecule has 0 aromatic heterocycles. The summed E-state index contributed by atoms with van der Waals surface area (Å²) < 4.78 is 0.874. The van der Waals surface area contributed by atoms with Crippen LogP contribution in [0.15, 0.2) is 36.4 Å². The molecule has 29 heavy (non-hydrogen) atoms. The molecule has 1 heterocycles. The van der Waals surface area contributed by atoms with Gasteiger partial charge in [-0.25, -0.2) is 4.79 Å². The predicted octanol–water partition coefficient (Wildman–Crippen LogP) is 0.686. The highest BCUT2D eigenvalue weighted by Crippen LogP contribution is 2.09. The maximum Gasteiger partial charge on any atom is 0.326 e. The van der Waals surface area contributed by atoms with Gasteiger partial charge >= 0.3 is 5.97 Å². The fourth-order valence-electron chi connectivity index (χ4n) is 2.66. The van der Waals surface area contributed by atoms with Gasteiger partial charge in [0.05, 0.1) is 6.54 Å². The fourth-order valence-corrected chi connectivity index (χ4v) is 3.21. The van der Waals surface area contributed by atoms with Crippen molar-refractivity contribution in [3.05, 3.63) is 45.6 Å². The van der Waals surface area contributed by atoms with Crippen molar-refractivity contribution in [2.45, 2.75) is 25.3 Å². The second-order valence-electron chi connectivity index (χ2n) is 6.31. The first-order chi connectivity index (χ1) is 13.8. The van der Waals surface area contributed by atoms with Gasteiger partial charge in [-0.05, 0) is 60.1 Å². The first-order valence-corrected chi connectivity index (χ1v) is 9.95. The van der Waals surface area contributed by atoms with Gasteiger partial charge in [-0.1, -0.05) is 6.07 Å². The Bertz CT molecular complexity index is 836. The summed E-state index contributed by atoms with van der Waals surface area (Å²) in [5.41, 5.74) is 0.403. The minimum Gasteiger partial charge on any atom is -0.480 e. The molecule has 0 radical (unpaired) electrons. The van der Waals surface area contributed by atoms with Crippen LogP contribution in [0.5, 0.6) is 0 Å². The minimum atomic E-state index is -1.20. The lowest BCUT2D eigenvalue weighted by Crippen LogP contribution is -2.45. The van der Waals surface area contributed by atoms with Crippen molar-refractivity contribution in [1.82, 2.24) is 15.5 Å². The molecule has 0 fully saturated rings. The lowest BCUT2D eigenvalue weighted by atomic mass is 10.1. The van der Waals surface area contributed by atoms with E-state index in [4.69, 9.17) is 0 Å². The zero-order chi connectivity index (χ0) is 21.4. The zero-order valence-corrected chi connectivity index (χ0v) is 17.5. The summed E-state index contributed by atoms with van der Waals surface area (Å²) in [5, 5.41) is 14.1. The summed E-state index contributed by atoms with van der Waals surface area (Å²) in [6.45, 7) is -0.159. The lowest BCUT2D eigenvalue weighted by molar-refractivity contribution is -0.142. The Labute approximate surface area is 180 Å². The minimum absolute atomic E-state index is 0.134. The highest BCUT2D eigenvalue weighted by molar-refractivity contribution is 14.1. The molecule has 0 saturated heterocycles. The number of benzene rings is 1. The van der Waals surface area contributed by atoms with Crippen LogP contribution in [-0.2, 0) is 19.2 Å². The third-order valence-electron chi connectivity index (χ3n) is 4.15. The number of carbonyl (C=O) groups excluding carboxylic acids is 4. The number of imide groups is 1. The average Bonchev–Trinajstić information content (AvgIpc) is 3.00. The van der Waals surface area contributed by atoms with Crippen molar-refractivity contribution < 1.29 is 29.1 Å². The Morgan fingerprint density at radius 3 is 2.41 bits per heavy atom. The monoisotopic (exact) mass is 511 g/mol. The largest absolute Gasteiger partial charge is 0.480 e. The number of carboxylic acids is 1. The maximum atomic E-state index is 12.0. The van der Waals surface area contributed by atoms with E-state index in [0.29, 0.717) is 18.4 Å². The molecule has 0 aliphatic carbocycles. The van der Waals surface area contributed by atoms with E-state index in [1.807, 2.05) is 6.07 Å². The second-order valence-corrected chi connectivity index (χ2v) is 7.55. The number of amides is 4. The van der Waals surface area contributed by atoms with Gasteiger partial charge in [-0.15, -0.1) is 0 Å². The van der Waals surface area contributed by atoms with Crippen molar-refractivity contribution in [3.63, 3.8) is 0 Å². The van der Waals surface area contributed by atoms with E-state index in [-0.39, 0.29) is 31.3 Å². The van der Waals surface area contributed by atoms with Crippen molar-refractivity contribution >= 4 is 52.2 Å². The first kappa shape index (κ1) is 22.5. The number of nitrogens with one attached hydrogen (secondary N) is 2. The molecule has 0 bridgehead atoms. The van der Waals surface area contributed by atoms with Gasteiger partial charge in [0.15, 0.2) is 0 Å². The van der Waals surface area contributed by atoms with Gasteiger partial charge in [0.25, 0.3) is 17.7 Å². The molecule has 10 heteroatoms. The lowest BCUT2D eigenvalue weighted by Gasteiger charge is -2.16. The number of aliphatic carboxylic acids is 1. The van der Waals surface area contributed by atoms with Crippen LogP contribution in [0.4, 0.5) is 0 Å². The molecule has 1 aromatic carbocycles. The number of rotatable bonds is 10. The van der Waals surface area contributed by atoms with Gasteiger partial charge < -0.3 is 15.7 Å². The van der Waals surface area contributed by atoms with Crippen LogP contribution < -0.4 is 10.6 Å². The SMILES string of the molecule is O=C(CNC(=O)c1cccc([125I])c1)N[C@H](CCCCN1C(=O)C=CC1=O)C(=O)O. The van der Waals surface area contributed by atoms with Crippen LogP contribution in [-0.4, -0.2) is 58.7 Å². The van der Waals surface area contributed by atoms with E-state index in [1.54, 1.807) is 18.2 Å². The normalized spacial score (nSPS) is 14.0. The number of carboxylic acid groups (broad SMARTS) is 1. The topological polar surface area (TPSA) is 133 Å². The molecule has 4 amide bonds. The van der Waals surface area contributed by atoms with Crippen LogP contribution in [0.1, 0.15) is 29.6 Å². The molecule has 9 nitrogen and oxygen atoms in total. The summed E-state index contributed by atoms with van der Waals surface area (Å²) in [6, 6.07) is 5.70. The van der Waals surface area contributed by atoms with Crippen molar-refractivity contribution in [3.8, 4) is 0 Å². The predicted molar refractivity (Wildman–Crippen MR) is 111 cm³/mol. The molecule has 154 valence electrons. The third kappa shape index (κ3) is 6.97. The van der Waals surface area contributed by atoms with Gasteiger partial charge in [0.2, 0.25) is 5.91 Å². The van der Waals surface area contributed by atoms with Crippen molar-refractivity contribution in [1.29, 1.82) is 0 Å². The Morgan fingerprint density at radius 2 is 1.79 bits per heavy atom. The van der Waals surface area contributed by atoms with Gasteiger partial charge in [-0.3, -0.25) is 24.1 Å². The van der Waals surface area contributed by atoms with E-state index >= 15 is 0 Å². The summed E-state index contributed by atoms with van der Waals surface area (Å²) in [6.07, 6.45) is 3.32. The van der Waals surface area contributed by atoms with Crippen LogP contribution in [0.2, 0.25) is 0 Å². The fraction of sp³-hybridized carbons (Fsp3) is 0.316. The highest BCUT2D eigenvalue weighted by Gasteiger charge is 2.24. The van der Waals surface area contributed by atoms with Crippen LogP contribution in [0.25, 0.3) is 0 Å². The van der Waals surface area contributed by atoms with E-state index in [9.17, 15) is 29.1 Å². The van der Waals surface area contributed by atoms with E-state index in [2.05, 4.69) is 33.2 Å². The molecule has 0 unspecified atom stereocenters. The van der Waals surface area contributed by atoms with Crippen molar-refractivity contribution in [2.24, 2.45) is 0 Å². The number of hydrogen-bond acceptors (Lipinski definition) is 5. The number of carbonyl (C=O) groups is 5. The third-order valence-corrected chi connectivity index (χ3v) is 4.83. The Hall–Kier alpha value is -2.76. The molecular formula is C19H20IN3O6. The van der Waals surface area contributed by atoms with Gasteiger partial charge in [0, 0.05) is 27.8 Å². The Balaban J connectivity index is 1.73. The quantitative estimate of drug-likeness (QED) is 0.241. The molecular weight excluding hydrogens is 491 g/mol. The first-order valence-electron chi connectivity index (χ1n) is 8.87. The summed E-state index contributed by atoms with van der Waals surface area (Å²) in [4.78, 5) is 59.4.